The smallest absolute Gasteiger partial charge is 0.244 e. The summed E-state index contributed by atoms with van der Waals surface area (Å²) in [5.74, 6) is 2.45. The highest BCUT2D eigenvalue weighted by atomic mass is 32.2. The molecule has 1 aliphatic heterocycles. The van der Waals surface area contributed by atoms with Crippen LogP contribution in [0.1, 0.15) is 5.56 Å². The first kappa shape index (κ1) is 14.8. The summed E-state index contributed by atoms with van der Waals surface area (Å²) in [7, 11) is 0. The van der Waals surface area contributed by atoms with E-state index < -0.39 is 0 Å². The summed E-state index contributed by atoms with van der Waals surface area (Å²) in [6.07, 6.45) is 0. The second-order valence-corrected chi connectivity index (χ2v) is 7.64. The number of aromatic nitrogens is 2. The Morgan fingerprint density at radius 1 is 1.38 bits per heavy atom. The molecule has 1 aromatic heterocycles. The minimum Gasteiger partial charge on any atom is -0.299 e. The molecule has 5 nitrogen and oxygen atoms in total. The minimum absolute atomic E-state index is 0.0317. The van der Waals surface area contributed by atoms with E-state index in [2.05, 4.69) is 33.0 Å². The van der Waals surface area contributed by atoms with Gasteiger partial charge in [0.1, 0.15) is 0 Å². The zero-order valence-corrected chi connectivity index (χ0v) is 13.6. The summed E-state index contributed by atoms with van der Waals surface area (Å²) in [5.41, 5.74) is 1.25. The molecule has 110 valence electrons. The summed E-state index contributed by atoms with van der Waals surface area (Å²) >= 11 is 4.76. The maximum atomic E-state index is 11.9. The highest BCUT2D eigenvalue weighted by Crippen LogP contribution is 2.28. The van der Waals surface area contributed by atoms with Gasteiger partial charge < -0.3 is 0 Å². The molecule has 1 amide bonds. The molecule has 1 aliphatic rings. The summed E-state index contributed by atoms with van der Waals surface area (Å²) in [6.45, 7) is 0. The van der Waals surface area contributed by atoms with E-state index in [-0.39, 0.29) is 11.9 Å². The van der Waals surface area contributed by atoms with Gasteiger partial charge in [-0.25, -0.2) is 0 Å². The van der Waals surface area contributed by atoms with Crippen molar-refractivity contribution in [1.29, 1.82) is 0 Å². The molecule has 3 rings (SSSR count). The van der Waals surface area contributed by atoms with Crippen LogP contribution in [0.5, 0.6) is 0 Å². The van der Waals surface area contributed by atoms with Crippen LogP contribution < -0.4 is 10.6 Å². The van der Waals surface area contributed by atoms with Gasteiger partial charge in [-0.15, -0.1) is 22.0 Å². The van der Waals surface area contributed by atoms with E-state index in [1.165, 1.54) is 16.9 Å². The lowest BCUT2D eigenvalue weighted by molar-refractivity contribution is -0.117. The summed E-state index contributed by atoms with van der Waals surface area (Å²) in [6, 6.07) is 10.1. The third-order valence-corrected chi connectivity index (χ3v) is 5.86. The van der Waals surface area contributed by atoms with Gasteiger partial charge in [-0.1, -0.05) is 53.4 Å². The van der Waals surface area contributed by atoms with Gasteiger partial charge in [-0.05, 0) is 5.56 Å². The first-order valence-corrected chi connectivity index (χ1v) is 9.39. The molecule has 2 aromatic rings. The average Bonchev–Trinajstić information content (AvgIpc) is 3.18. The normalized spacial score (nSPS) is 17.8. The number of rotatable bonds is 5. The van der Waals surface area contributed by atoms with Gasteiger partial charge >= 0.3 is 0 Å². The van der Waals surface area contributed by atoms with E-state index in [1.807, 2.05) is 18.2 Å². The van der Waals surface area contributed by atoms with Crippen LogP contribution in [0.25, 0.3) is 0 Å². The Morgan fingerprint density at radius 2 is 2.24 bits per heavy atom. The van der Waals surface area contributed by atoms with Gasteiger partial charge in [-0.2, -0.15) is 0 Å². The number of benzene rings is 1. The van der Waals surface area contributed by atoms with Crippen molar-refractivity contribution >= 4 is 45.9 Å². The van der Waals surface area contributed by atoms with Gasteiger partial charge in [0.05, 0.1) is 6.04 Å². The number of hydrogen-bond donors (Lipinski definition) is 2. The fraction of sp³-hybridized carbons (Fsp3) is 0.308. The lowest BCUT2D eigenvalue weighted by Gasteiger charge is -2.06. The SMILES string of the molecule is O=C(Nc1nnc(SCc2ccccc2)s1)C1CSCN1. The number of carbonyl (C=O) groups is 1. The van der Waals surface area contributed by atoms with Crippen molar-refractivity contribution in [3.63, 3.8) is 0 Å². The van der Waals surface area contributed by atoms with E-state index >= 15 is 0 Å². The zero-order chi connectivity index (χ0) is 14.5. The maximum Gasteiger partial charge on any atom is 0.244 e. The van der Waals surface area contributed by atoms with Gasteiger partial charge in [-0.3, -0.25) is 15.4 Å². The molecule has 0 spiro atoms. The summed E-state index contributed by atoms with van der Waals surface area (Å²) in [5, 5.41) is 14.6. The Bertz CT molecular complexity index is 598. The van der Waals surface area contributed by atoms with Gasteiger partial charge in [0.15, 0.2) is 4.34 Å². The van der Waals surface area contributed by atoms with Crippen molar-refractivity contribution in [2.75, 3.05) is 16.9 Å². The second-order valence-electron chi connectivity index (χ2n) is 4.41. The average molecular weight is 338 g/mol. The highest BCUT2D eigenvalue weighted by Gasteiger charge is 2.23. The van der Waals surface area contributed by atoms with Crippen molar-refractivity contribution in [3.8, 4) is 0 Å². The number of anilines is 1. The molecule has 21 heavy (non-hydrogen) atoms. The van der Waals surface area contributed by atoms with Crippen LogP contribution in [0.2, 0.25) is 0 Å². The van der Waals surface area contributed by atoms with Crippen molar-refractivity contribution in [2.24, 2.45) is 0 Å². The monoisotopic (exact) mass is 338 g/mol. The Labute approximate surface area is 135 Å². The largest absolute Gasteiger partial charge is 0.299 e. The van der Waals surface area contributed by atoms with Crippen molar-refractivity contribution in [1.82, 2.24) is 15.5 Å². The number of nitrogens with zero attached hydrogens (tertiary/aromatic N) is 2. The molecule has 1 saturated heterocycles. The Kier molecular flexibility index (Phi) is 5.13. The molecular weight excluding hydrogens is 324 g/mol. The highest BCUT2D eigenvalue weighted by molar-refractivity contribution is 8.00. The molecule has 1 unspecified atom stereocenters. The molecule has 8 heteroatoms. The third kappa shape index (κ3) is 4.19. The van der Waals surface area contributed by atoms with E-state index in [1.54, 1.807) is 23.5 Å². The predicted octanol–water partition coefficient (Wildman–Crippen LogP) is 2.43. The fourth-order valence-electron chi connectivity index (χ4n) is 1.79. The topological polar surface area (TPSA) is 66.9 Å². The molecule has 1 fully saturated rings. The Hall–Kier alpha value is -1.09. The van der Waals surface area contributed by atoms with E-state index in [9.17, 15) is 4.79 Å². The lowest BCUT2D eigenvalue weighted by Crippen LogP contribution is -2.37. The first-order valence-electron chi connectivity index (χ1n) is 6.43. The predicted molar refractivity (Wildman–Crippen MR) is 88.8 cm³/mol. The van der Waals surface area contributed by atoms with E-state index in [0.717, 1.165) is 21.7 Å². The molecule has 0 radical (unpaired) electrons. The van der Waals surface area contributed by atoms with Crippen molar-refractivity contribution < 1.29 is 4.79 Å². The Morgan fingerprint density at radius 3 is 3.00 bits per heavy atom. The van der Waals surface area contributed by atoms with Crippen LogP contribution in [-0.4, -0.2) is 33.8 Å². The number of nitrogens with one attached hydrogen (secondary N) is 2. The molecule has 1 aromatic carbocycles. The van der Waals surface area contributed by atoms with E-state index in [4.69, 9.17) is 0 Å². The minimum atomic E-state index is -0.126. The Balaban J connectivity index is 1.52. The second kappa shape index (κ2) is 7.26. The third-order valence-electron chi connectivity index (χ3n) is 2.87. The zero-order valence-electron chi connectivity index (χ0n) is 11.1. The number of hydrogen-bond acceptors (Lipinski definition) is 7. The number of amides is 1. The molecule has 0 saturated carbocycles. The van der Waals surface area contributed by atoms with E-state index in [0.29, 0.717) is 5.13 Å². The maximum absolute atomic E-state index is 11.9. The summed E-state index contributed by atoms with van der Waals surface area (Å²) < 4.78 is 0.864. The van der Waals surface area contributed by atoms with Gasteiger partial charge in [0.2, 0.25) is 11.0 Å². The van der Waals surface area contributed by atoms with Gasteiger partial charge in [0, 0.05) is 17.4 Å². The van der Waals surface area contributed by atoms with Crippen LogP contribution >= 0.6 is 34.9 Å². The number of carbonyl (C=O) groups excluding carboxylic acids is 1. The van der Waals surface area contributed by atoms with Gasteiger partial charge in [0.25, 0.3) is 0 Å². The first-order chi connectivity index (χ1) is 10.3. The molecular formula is C13H14N4OS3. The quantitative estimate of drug-likeness (QED) is 0.645. The van der Waals surface area contributed by atoms with Crippen LogP contribution in [0.4, 0.5) is 5.13 Å². The van der Waals surface area contributed by atoms with Crippen LogP contribution in [0.3, 0.4) is 0 Å². The molecule has 0 aliphatic carbocycles. The summed E-state index contributed by atoms with van der Waals surface area (Å²) in [4.78, 5) is 11.9. The molecule has 2 N–H and O–H groups in total. The standard InChI is InChI=1S/C13H14N4OS3/c18-11(10-7-19-8-14-10)15-12-16-17-13(21-12)20-6-9-4-2-1-3-5-9/h1-5,10,14H,6-8H2,(H,15,16,18). The van der Waals surface area contributed by atoms with Crippen molar-refractivity contribution in [2.45, 2.75) is 16.1 Å². The molecule has 0 bridgehead atoms. The lowest BCUT2D eigenvalue weighted by atomic mass is 10.2. The fourth-order valence-corrected chi connectivity index (χ4v) is 4.45. The van der Waals surface area contributed by atoms with Crippen LogP contribution in [0, 0.1) is 0 Å². The molecule has 1 atom stereocenters. The number of thioether (sulfide) groups is 2. The molecule has 2 heterocycles. The van der Waals surface area contributed by atoms with Crippen LogP contribution in [-0.2, 0) is 10.5 Å². The van der Waals surface area contributed by atoms with Crippen LogP contribution in [0.15, 0.2) is 34.7 Å². The van der Waals surface area contributed by atoms with Crippen molar-refractivity contribution in [3.05, 3.63) is 35.9 Å².